The molecule has 1 fully saturated rings. The van der Waals surface area contributed by atoms with Gasteiger partial charge in [0.25, 0.3) is 5.91 Å². The van der Waals surface area contributed by atoms with E-state index in [0.29, 0.717) is 34.4 Å². The maximum Gasteiger partial charge on any atom is 0.254 e. The Kier molecular flexibility index (Phi) is 5.54. The van der Waals surface area contributed by atoms with Gasteiger partial charge in [-0.15, -0.1) is 0 Å². The lowest BCUT2D eigenvalue weighted by Gasteiger charge is -2.37. The largest absolute Gasteiger partial charge is 0.440 e. The van der Waals surface area contributed by atoms with Crippen LogP contribution in [-0.4, -0.2) is 38.3 Å². The molecule has 2 atom stereocenters. The predicted octanol–water partition coefficient (Wildman–Crippen LogP) is 5.62. The Morgan fingerprint density at radius 1 is 1.12 bits per heavy atom. The lowest BCUT2D eigenvalue weighted by atomic mass is 9.92. The summed E-state index contributed by atoms with van der Waals surface area (Å²) in [5.41, 5.74) is 1.42. The number of oxazole rings is 1. The minimum atomic E-state index is -0.990. The number of hydrogen-bond acceptors (Lipinski definition) is 5. The van der Waals surface area contributed by atoms with Gasteiger partial charge >= 0.3 is 0 Å². The average molecular weight is 469 g/mol. The predicted molar refractivity (Wildman–Crippen MR) is 119 cm³/mol. The van der Waals surface area contributed by atoms with Crippen LogP contribution in [0.1, 0.15) is 41.9 Å². The second-order valence-corrected chi connectivity index (χ2v) is 8.57. The number of carbonyl (C=O) groups is 1. The minimum absolute atomic E-state index is 0.0310. The lowest BCUT2D eigenvalue weighted by Crippen LogP contribution is -2.45. The third kappa shape index (κ3) is 4.06. The molecule has 3 heterocycles. The van der Waals surface area contributed by atoms with Crippen LogP contribution in [-0.2, 0) is 0 Å². The highest BCUT2D eigenvalue weighted by Gasteiger charge is 2.34. The van der Waals surface area contributed by atoms with Crippen molar-refractivity contribution in [3.8, 4) is 11.4 Å². The first-order valence-corrected chi connectivity index (χ1v) is 10.9. The molecule has 0 N–H and O–H groups in total. The Labute approximate surface area is 193 Å². The molecular formula is C24H19ClF2N4O2. The number of likely N-dealkylation sites (tertiary alicyclic amines) is 1. The third-order valence-electron chi connectivity index (χ3n) is 5.96. The zero-order valence-electron chi connectivity index (χ0n) is 17.6. The highest BCUT2D eigenvalue weighted by Crippen LogP contribution is 2.34. The summed E-state index contributed by atoms with van der Waals surface area (Å²) in [5, 5.41) is 0.433. The number of nitrogens with zero attached hydrogens (tertiary/aromatic N) is 4. The van der Waals surface area contributed by atoms with Gasteiger partial charge in [-0.05, 0) is 44.0 Å². The van der Waals surface area contributed by atoms with Gasteiger partial charge in [-0.2, -0.15) is 0 Å². The monoisotopic (exact) mass is 468 g/mol. The summed E-state index contributed by atoms with van der Waals surface area (Å²) in [6.07, 6.45) is 4.68. The van der Waals surface area contributed by atoms with Crippen LogP contribution in [0.15, 0.2) is 53.2 Å². The highest BCUT2D eigenvalue weighted by molar-refractivity contribution is 6.31. The molecule has 33 heavy (non-hydrogen) atoms. The number of piperidine rings is 1. The van der Waals surface area contributed by atoms with Gasteiger partial charge < -0.3 is 9.32 Å². The van der Waals surface area contributed by atoms with E-state index in [2.05, 4.69) is 15.0 Å². The van der Waals surface area contributed by atoms with Gasteiger partial charge in [-0.3, -0.25) is 4.79 Å². The smallest absolute Gasteiger partial charge is 0.254 e. The van der Waals surface area contributed by atoms with Crippen molar-refractivity contribution in [2.75, 3.05) is 6.54 Å². The molecule has 0 unspecified atom stereocenters. The van der Waals surface area contributed by atoms with E-state index < -0.39 is 11.6 Å². The second-order valence-electron chi connectivity index (χ2n) is 8.13. The van der Waals surface area contributed by atoms with Crippen LogP contribution in [0.4, 0.5) is 8.78 Å². The molecule has 5 rings (SSSR count). The van der Waals surface area contributed by atoms with Crippen molar-refractivity contribution in [1.82, 2.24) is 19.9 Å². The van der Waals surface area contributed by atoms with Gasteiger partial charge in [0.1, 0.15) is 5.52 Å². The van der Waals surface area contributed by atoms with Crippen molar-refractivity contribution in [2.24, 2.45) is 0 Å². The number of halogens is 3. The van der Waals surface area contributed by atoms with Crippen LogP contribution in [0.25, 0.3) is 22.5 Å². The first kappa shape index (κ1) is 21.5. The Hall–Kier alpha value is -3.39. The van der Waals surface area contributed by atoms with Gasteiger partial charge in [-0.1, -0.05) is 11.6 Å². The van der Waals surface area contributed by atoms with Crippen LogP contribution < -0.4 is 0 Å². The van der Waals surface area contributed by atoms with Crippen LogP contribution in [0.3, 0.4) is 0 Å². The Morgan fingerprint density at radius 2 is 1.88 bits per heavy atom. The SMILES string of the molecule is C[C@@H]1CC[C@@H](c2nc3cc(F)c(F)cc3o2)CN1C(=O)c1cc(Cl)ccc1-c1ncccn1. The Morgan fingerprint density at radius 3 is 2.67 bits per heavy atom. The molecule has 0 spiro atoms. The number of aromatic nitrogens is 3. The summed E-state index contributed by atoms with van der Waals surface area (Å²) in [6.45, 7) is 2.33. The molecule has 1 saturated heterocycles. The first-order valence-electron chi connectivity index (χ1n) is 10.5. The van der Waals surface area contributed by atoms with E-state index in [-0.39, 0.29) is 29.0 Å². The second kappa shape index (κ2) is 8.51. The minimum Gasteiger partial charge on any atom is -0.440 e. The van der Waals surface area contributed by atoms with Gasteiger partial charge in [-0.25, -0.2) is 23.7 Å². The maximum absolute atomic E-state index is 13.7. The molecule has 0 bridgehead atoms. The third-order valence-corrected chi connectivity index (χ3v) is 6.19. The molecule has 168 valence electrons. The summed E-state index contributed by atoms with van der Waals surface area (Å²) >= 11 is 6.22. The zero-order valence-corrected chi connectivity index (χ0v) is 18.4. The van der Waals surface area contributed by atoms with E-state index in [9.17, 15) is 13.6 Å². The molecule has 1 aliphatic heterocycles. The number of hydrogen-bond donors (Lipinski definition) is 0. The fraction of sp³-hybridized carbons (Fsp3) is 0.250. The van der Waals surface area contributed by atoms with E-state index in [1.807, 2.05) is 6.92 Å². The van der Waals surface area contributed by atoms with E-state index in [1.54, 1.807) is 41.6 Å². The van der Waals surface area contributed by atoms with Gasteiger partial charge in [0.15, 0.2) is 28.9 Å². The Bertz CT molecular complexity index is 1310. The lowest BCUT2D eigenvalue weighted by molar-refractivity contribution is 0.0598. The molecule has 6 nitrogen and oxygen atoms in total. The van der Waals surface area contributed by atoms with Crippen LogP contribution in [0.5, 0.6) is 0 Å². The quantitative estimate of drug-likeness (QED) is 0.390. The van der Waals surface area contributed by atoms with Crippen LogP contribution >= 0.6 is 11.6 Å². The number of fused-ring (bicyclic) bond motifs is 1. The fourth-order valence-corrected chi connectivity index (χ4v) is 4.36. The summed E-state index contributed by atoms with van der Waals surface area (Å²) in [7, 11) is 0. The van der Waals surface area contributed by atoms with Gasteiger partial charge in [0.2, 0.25) is 0 Å². The highest BCUT2D eigenvalue weighted by atomic mass is 35.5. The number of rotatable bonds is 3. The molecule has 0 radical (unpaired) electrons. The molecule has 1 aliphatic rings. The Balaban J connectivity index is 1.47. The molecule has 2 aromatic heterocycles. The van der Waals surface area contributed by atoms with Gasteiger partial charge in [0, 0.05) is 47.7 Å². The molecule has 4 aromatic rings. The van der Waals surface area contributed by atoms with Crippen LogP contribution in [0, 0.1) is 11.6 Å². The zero-order chi connectivity index (χ0) is 23.1. The summed E-state index contributed by atoms with van der Waals surface area (Å²) in [4.78, 5) is 28.3. The first-order chi connectivity index (χ1) is 15.9. The van der Waals surface area contributed by atoms with E-state index >= 15 is 0 Å². The standard InChI is InChI=1S/C24H19ClF2N4O2/c1-13-3-4-14(23-30-20-10-18(26)19(27)11-21(20)33-23)12-31(13)24(32)17-9-15(25)5-6-16(17)22-28-7-2-8-29-22/h2,5-11,13-14H,3-4,12H2,1H3/t13-,14-/m1/s1. The van der Waals surface area contributed by atoms with Crippen molar-refractivity contribution >= 4 is 28.6 Å². The molecule has 9 heteroatoms. The van der Waals surface area contributed by atoms with Crippen molar-refractivity contribution in [3.63, 3.8) is 0 Å². The summed E-state index contributed by atoms with van der Waals surface area (Å²) in [5.74, 6) is -1.59. The number of amides is 1. The molecular weight excluding hydrogens is 450 g/mol. The van der Waals surface area contributed by atoms with E-state index in [0.717, 1.165) is 25.0 Å². The normalized spacial score (nSPS) is 18.6. The molecule has 2 aromatic carbocycles. The molecule has 1 amide bonds. The van der Waals surface area contributed by atoms with Crippen molar-refractivity contribution in [1.29, 1.82) is 0 Å². The summed E-state index contributed by atoms with van der Waals surface area (Å²) < 4.78 is 32.9. The van der Waals surface area contributed by atoms with Crippen molar-refractivity contribution in [2.45, 2.75) is 31.7 Å². The summed E-state index contributed by atoms with van der Waals surface area (Å²) in [6, 6.07) is 8.74. The van der Waals surface area contributed by atoms with E-state index in [1.165, 1.54) is 0 Å². The van der Waals surface area contributed by atoms with Crippen molar-refractivity contribution < 1.29 is 18.0 Å². The number of benzene rings is 2. The fourth-order valence-electron chi connectivity index (χ4n) is 4.19. The maximum atomic E-state index is 13.7. The van der Waals surface area contributed by atoms with Gasteiger partial charge in [0.05, 0.1) is 11.5 Å². The van der Waals surface area contributed by atoms with Crippen LogP contribution in [0.2, 0.25) is 5.02 Å². The average Bonchev–Trinajstić information content (AvgIpc) is 3.22. The molecule has 0 saturated carbocycles. The van der Waals surface area contributed by atoms with Crippen molar-refractivity contribution in [3.05, 3.63) is 76.9 Å². The number of carbonyl (C=O) groups excluding carboxylic acids is 1. The topological polar surface area (TPSA) is 72.1 Å². The van der Waals surface area contributed by atoms with E-state index in [4.69, 9.17) is 16.0 Å². The molecule has 0 aliphatic carbocycles.